The predicted octanol–water partition coefficient (Wildman–Crippen LogP) is 1.84. The van der Waals surface area contributed by atoms with Gasteiger partial charge in [-0.3, -0.25) is 24.5 Å². The number of fused-ring (bicyclic) bond motifs is 1. The lowest BCUT2D eigenvalue weighted by Crippen LogP contribution is -2.34. The van der Waals surface area contributed by atoms with Gasteiger partial charge < -0.3 is 16.0 Å². The molecule has 146 valence electrons. The van der Waals surface area contributed by atoms with Crippen molar-refractivity contribution in [3.63, 3.8) is 0 Å². The molecule has 1 aliphatic rings. The number of anilines is 1. The molecule has 0 radical (unpaired) electrons. The van der Waals surface area contributed by atoms with Crippen LogP contribution in [0, 0.1) is 10.1 Å². The maximum atomic E-state index is 12.4. The van der Waals surface area contributed by atoms with Gasteiger partial charge in [-0.15, -0.1) is 11.3 Å². The minimum Gasteiger partial charge on any atom is -0.365 e. The third-order valence-corrected chi connectivity index (χ3v) is 5.65. The average molecular weight is 402 g/mol. The van der Waals surface area contributed by atoms with Gasteiger partial charge in [0, 0.05) is 30.5 Å². The summed E-state index contributed by atoms with van der Waals surface area (Å²) < 4.78 is 0. The first-order valence-corrected chi connectivity index (χ1v) is 9.31. The molecule has 0 unspecified atom stereocenters. The minimum atomic E-state index is -0.626. The van der Waals surface area contributed by atoms with Gasteiger partial charge in [-0.25, -0.2) is 0 Å². The third kappa shape index (κ3) is 4.01. The monoisotopic (exact) mass is 402 g/mol. The molecule has 0 saturated heterocycles. The number of amides is 3. The first-order chi connectivity index (χ1) is 13.3. The fourth-order valence-electron chi connectivity index (χ4n) is 3.11. The smallest absolute Gasteiger partial charge is 0.269 e. The molecule has 2 heterocycles. The summed E-state index contributed by atoms with van der Waals surface area (Å²) in [4.78, 5) is 48.7. The summed E-state index contributed by atoms with van der Waals surface area (Å²) in [6.45, 7) is 2.36. The van der Waals surface area contributed by atoms with E-state index in [4.69, 9.17) is 5.73 Å². The van der Waals surface area contributed by atoms with Gasteiger partial charge in [-0.2, -0.15) is 0 Å². The second kappa shape index (κ2) is 7.77. The van der Waals surface area contributed by atoms with Crippen molar-refractivity contribution in [1.29, 1.82) is 0 Å². The quantitative estimate of drug-likeness (QED) is 0.581. The minimum absolute atomic E-state index is 0.00165. The van der Waals surface area contributed by atoms with Gasteiger partial charge in [0.2, 0.25) is 11.8 Å². The largest absolute Gasteiger partial charge is 0.365 e. The van der Waals surface area contributed by atoms with Crippen molar-refractivity contribution in [1.82, 2.24) is 4.90 Å². The lowest BCUT2D eigenvalue weighted by molar-refractivity contribution is -0.384. The van der Waals surface area contributed by atoms with Crippen LogP contribution in [0.25, 0.3) is 0 Å². The summed E-state index contributed by atoms with van der Waals surface area (Å²) >= 11 is 1.24. The molecular weight excluding hydrogens is 384 g/mol. The first kappa shape index (κ1) is 19.5. The van der Waals surface area contributed by atoms with E-state index in [1.165, 1.54) is 42.5 Å². The van der Waals surface area contributed by atoms with E-state index < -0.39 is 10.8 Å². The Balaban J connectivity index is 1.78. The van der Waals surface area contributed by atoms with Gasteiger partial charge in [-0.05, 0) is 17.5 Å². The summed E-state index contributed by atoms with van der Waals surface area (Å²) in [6, 6.07) is 5.68. The molecule has 0 fully saturated rings. The third-order valence-electron chi connectivity index (χ3n) is 4.51. The Kier molecular flexibility index (Phi) is 5.41. The maximum Gasteiger partial charge on any atom is 0.269 e. The topological polar surface area (TPSA) is 136 Å². The number of nitro groups is 1. The van der Waals surface area contributed by atoms with Crippen LogP contribution in [-0.4, -0.2) is 34.1 Å². The van der Waals surface area contributed by atoms with Crippen LogP contribution >= 0.6 is 11.3 Å². The van der Waals surface area contributed by atoms with E-state index in [2.05, 4.69) is 5.32 Å². The Morgan fingerprint density at radius 1 is 1.29 bits per heavy atom. The number of hydrogen-bond donors (Lipinski definition) is 2. The molecule has 1 aliphatic heterocycles. The number of nitrogens with two attached hydrogens (primary N) is 1. The van der Waals surface area contributed by atoms with Crippen LogP contribution in [0.1, 0.15) is 33.3 Å². The Morgan fingerprint density at radius 3 is 2.54 bits per heavy atom. The van der Waals surface area contributed by atoms with E-state index in [0.29, 0.717) is 35.6 Å². The lowest BCUT2D eigenvalue weighted by atomic mass is 10.0. The molecule has 3 N–H and O–H groups in total. The Bertz CT molecular complexity index is 967. The fraction of sp³-hybridized carbons (Fsp3) is 0.278. The molecule has 0 bridgehead atoms. The molecule has 0 spiro atoms. The number of non-ortho nitro benzene ring substituents is 1. The van der Waals surface area contributed by atoms with Crippen molar-refractivity contribution in [3.05, 3.63) is 55.9 Å². The molecule has 0 atom stereocenters. The first-order valence-electron chi connectivity index (χ1n) is 8.49. The number of nitrogens with one attached hydrogen (secondary N) is 1. The van der Waals surface area contributed by atoms with Crippen LogP contribution in [0.3, 0.4) is 0 Å². The summed E-state index contributed by atoms with van der Waals surface area (Å²) in [6.07, 6.45) is 0.500. The van der Waals surface area contributed by atoms with Crippen LogP contribution in [0.15, 0.2) is 24.3 Å². The summed E-state index contributed by atoms with van der Waals surface area (Å²) in [5.74, 6) is -1.04. The zero-order valence-corrected chi connectivity index (χ0v) is 15.9. The molecular formula is C18H18N4O5S. The number of benzene rings is 1. The van der Waals surface area contributed by atoms with Gasteiger partial charge in [0.05, 0.1) is 23.5 Å². The molecule has 10 heteroatoms. The van der Waals surface area contributed by atoms with Gasteiger partial charge in [-0.1, -0.05) is 12.1 Å². The lowest BCUT2D eigenvalue weighted by Gasteiger charge is -2.25. The van der Waals surface area contributed by atoms with Gasteiger partial charge in [0.15, 0.2) is 0 Å². The van der Waals surface area contributed by atoms with Crippen molar-refractivity contribution in [2.45, 2.75) is 26.3 Å². The normalized spacial score (nSPS) is 13.0. The molecule has 1 aromatic carbocycles. The number of hydrogen-bond acceptors (Lipinski definition) is 6. The van der Waals surface area contributed by atoms with E-state index in [1.807, 2.05) is 0 Å². The van der Waals surface area contributed by atoms with Crippen LogP contribution in [0.5, 0.6) is 0 Å². The number of carbonyl (C=O) groups is 3. The fourth-order valence-corrected chi connectivity index (χ4v) is 4.40. The molecule has 28 heavy (non-hydrogen) atoms. The van der Waals surface area contributed by atoms with Crippen LogP contribution < -0.4 is 11.1 Å². The number of nitrogens with zero attached hydrogens (tertiary/aromatic N) is 2. The molecule has 2 aromatic rings. The van der Waals surface area contributed by atoms with E-state index >= 15 is 0 Å². The highest BCUT2D eigenvalue weighted by Gasteiger charge is 2.28. The van der Waals surface area contributed by atoms with Crippen LogP contribution in [0.4, 0.5) is 10.7 Å². The van der Waals surface area contributed by atoms with Crippen LogP contribution in [-0.2, 0) is 29.0 Å². The summed E-state index contributed by atoms with van der Waals surface area (Å²) in [7, 11) is 0. The van der Waals surface area contributed by atoms with Crippen molar-refractivity contribution in [3.8, 4) is 0 Å². The summed E-state index contributed by atoms with van der Waals surface area (Å²) in [5.41, 5.74) is 7.14. The Hall–Kier alpha value is -3.27. The predicted molar refractivity (Wildman–Crippen MR) is 103 cm³/mol. The molecule has 3 amide bonds. The SMILES string of the molecule is CC(=O)N1CCc2c(sc(NC(=O)Cc3ccc([N+](=O)[O-])cc3)c2C(N)=O)C1. The second-order valence-electron chi connectivity index (χ2n) is 6.41. The highest BCUT2D eigenvalue weighted by molar-refractivity contribution is 7.17. The van der Waals surface area contributed by atoms with Crippen molar-refractivity contribution in [2.75, 3.05) is 11.9 Å². The zero-order valence-electron chi connectivity index (χ0n) is 15.1. The van der Waals surface area contributed by atoms with Gasteiger partial charge >= 0.3 is 0 Å². The van der Waals surface area contributed by atoms with E-state index in [0.717, 1.165) is 10.4 Å². The van der Waals surface area contributed by atoms with Crippen LogP contribution in [0.2, 0.25) is 0 Å². The highest BCUT2D eigenvalue weighted by atomic mass is 32.1. The molecule has 9 nitrogen and oxygen atoms in total. The number of carbonyl (C=O) groups excluding carboxylic acids is 3. The highest BCUT2D eigenvalue weighted by Crippen LogP contribution is 2.37. The summed E-state index contributed by atoms with van der Waals surface area (Å²) in [5, 5.41) is 13.8. The average Bonchev–Trinajstić information content (AvgIpc) is 2.98. The number of nitro benzene ring substituents is 1. The van der Waals surface area contributed by atoms with Gasteiger partial charge in [0.25, 0.3) is 11.6 Å². The number of rotatable bonds is 5. The standard InChI is InChI=1S/C18H18N4O5S/c1-10(23)21-7-6-13-14(9-21)28-18(16(13)17(19)25)20-15(24)8-11-2-4-12(5-3-11)22(26)27/h2-5H,6-9H2,1H3,(H2,19,25)(H,20,24). The van der Waals surface area contributed by atoms with Crippen molar-refractivity contribution >= 4 is 39.7 Å². The molecule has 1 aromatic heterocycles. The van der Waals surface area contributed by atoms with Crippen molar-refractivity contribution < 1.29 is 19.3 Å². The Morgan fingerprint density at radius 2 is 1.96 bits per heavy atom. The van der Waals surface area contributed by atoms with Gasteiger partial charge in [0.1, 0.15) is 5.00 Å². The molecule has 0 saturated carbocycles. The molecule has 3 rings (SSSR count). The Labute approximate surface area is 164 Å². The van der Waals surface area contributed by atoms with E-state index in [9.17, 15) is 24.5 Å². The van der Waals surface area contributed by atoms with E-state index in [1.54, 1.807) is 4.90 Å². The van der Waals surface area contributed by atoms with Crippen molar-refractivity contribution in [2.24, 2.45) is 5.73 Å². The zero-order chi connectivity index (χ0) is 20.4. The maximum absolute atomic E-state index is 12.4. The second-order valence-corrected chi connectivity index (χ2v) is 7.52. The molecule has 0 aliphatic carbocycles. The number of primary amides is 1. The van der Waals surface area contributed by atoms with E-state index in [-0.39, 0.29) is 23.9 Å². The number of thiophene rings is 1.